The van der Waals surface area contributed by atoms with Crippen LogP contribution in [-0.2, 0) is 19.8 Å². The van der Waals surface area contributed by atoms with Crippen LogP contribution >= 0.6 is 0 Å². The summed E-state index contributed by atoms with van der Waals surface area (Å²) in [5.41, 5.74) is -0.460. The van der Waals surface area contributed by atoms with Gasteiger partial charge in [0.25, 0.3) is 0 Å². The van der Waals surface area contributed by atoms with E-state index >= 15 is 0 Å². The first kappa shape index (κ1) is 23.1. The molecule has 29 heavy (non-hydrogen) atoms. The van der Waals surface area contributed by atoms with E-state index in [0.717, 1.165) is 12.5 Å². The van der Waals surface area contributed by atoms with Crippen molar-refractivity contribution < 1.29 is 39.8 Å². The predicted octanol–water partition coefficient (Wildman–Crippen LogP) is 4.11. The maximum absolute atomic E-state index is 13.7. The summed E-state index contributed by atoms with van der Waals surface area (Å²) in [6.07, 6.45) is 6.31. The highest BCUT2D eigenvalue weighted by molar-refractivity contribution is 6.60. The SMILES string of the molecule is CO[Si](CCC[n+]1ccc(/C=C/c2c(F)c(F)c(F)c(F)c2F)cc1)(OC)OC. The van der Waals surface area contributed by atoms with E-state index in [4.69, 9.17) is 13.3 Å². The fraction of sp³-hybridized carbons (Fsp3) is 0.316. The van der Waals surface area contributed by atoms with Gasteiger partial charge >= 0.3 is 8.80 Å². The molecular weight excluding hydrogens is 413 g/mol. The maximum Gasteiger partial charge on any atom is 0.500 e. The summed E-state index contributed by atoms with van der Waals surface area (Å²) >= 11 is 0. The lowest BCUT2D eigenvalue weighted by atomic mass is 10.1. The lowest BCUT2D eigenvalue weighted by Crippen LogP contribution is -2.44. The summed E-state index contributed by atoms with van der Waals surface area (Å²) in [6.45, 7) is 0.645. The molecule has 0 radical (unpaired) electrons. The largest absolute Gasteiger partial charge is 0.500 e. The van der Waals surface area contributed by atoms with E-state index in [9.17, 15) is 22.0 Å². The molecule has 0 aliphatic carbocycles. The molecule has 0 bridgehead atoms. The number of rotatable bonds is 9. The van der Waals surface area contributed by atoms with Crippen LogP contribution in [0.25, 0.3) is 12.2 Å². The van der Waals surface area contributed by atoms with Crippen molar-refractivity contribution in [2.45, 2.75) is 19.0 Å². The van der Waals surface area contributed by atoms with E-state index in [1.54, 1.807) is 24.5 Å². The van der Waals surface area contributed by atoms with Crippen molar-refractivity contribution >= 4 is 21.0 Å². The van der Waals surface area contributed by atoms with Gasteiger partial charge in [0.05, 0.1) is 5.56 Å². The molecule has 158 valence electrons. The Morgan fingerprint density at radius 3 is 1.76 bits per heavy atom. The van der Waals surface area contributed by atoms with E-state index < -0.39 is 43.5 Å². The molecule has 4 nitrogen and oxygen atoms in total. The Morgan fingerprint density at radius 1 is 0.793 bits per heavy atom. The number of aryl methyl sites for hydroxylation is 1. The highest BCUT2D eigenvalue weighted by atomic mass is 28.4. The van der Waals surface area contributed by atoms with Gasteiger partial charge in [-0.1, -0.05) is 6.08 Å². The van der Waals surface area contributed by atoms with Crippen LogP contribution in [-0.4, -0.2) is 30.1 Å². The average molecular weight is 434 g/mol. The average Bonchev–Trinajstić information content (AvgIpc) is 2.75. The summed E-state index contributed by atoms with van der Waals surface area (Å²) in [5, 5.41) is 0. The molecule has 0 saturated carbocycles. The minimum Gasteiger partial charge on any atom is -0.377 e. The fourth-order valence-corrected chi connectivity index (χ4v) is 4.41. The van der Waals surface area contributed by atoms with Crippen LogP contribution in [0.4, 0.5) is 22.0 Å². The smallest absolute Gasteiger partial charge is 0.377 e. The van der Waals surface area contributed by atoms with Crippen LogP contribution in [0.2, 0.25) is 6.04 Å². The molecule has 0 atom stereocenters. The van der Waals surface area contributed by atoms with Crippen LogP contribution in [0.3, 0.4) is 0 Å². The molecular formula is C19H21F5NO3Si+. The van der Waals surface area contributed by atoms with Gasteiger partial charge in [0.15, 0.2) is 35.7 Å². The van der Waals surface area contributed by atoms with E-state index in [-0.39, 0.29) is 0 Å². The van der Waals surface area contributed by atoms with Crippen molar-refractivity contribution in [3.8, 4) is 0 Å². The lowest BCUT2D eigenvalue weighted by Gasteiger charge is -2.23. The zero-order valence-electron chi connectivity index (χ0n) is 16.1. The number of aromatic nitrogens is 1. The highest BCUT2D eigenvalue weighted by Gasteiger charge is 2.37. The Labute approximate surface area is 166 Å². The normalized spacial score (nSPS) is 12.1. The first-order chi connectivity index (χ1) is 13.8. The summed E-state index contributed by atoms with van der Waals surface area (Å²) in [4.78, 5) is 0. The summed E-state index contributed by atoms with van der Waals surface area (Å²) < 4.78 is 84.8. The van der Waals surface area contributed by atoms with E-state index in [0.29, 0.717) is 18.2 Å². The number of halogens is 5. The van der Waals surface area contributed by atoms with Crippen LogP contribution in [0.1, 0.15) is 17.5 Å². The van der Waals surface area contributed by atoms with Crippen LogP contribution in [0.5, 0.6) is 0 Å². The maximum atomic E-state index is 13.7. The minimum absolute atomic E-state index is 0.527. The van der Waals surface area contributed by atoms with Crippen LogP contribution in [0.15, 0.2) is 24.5 Å². The molecule has 0 aliphatic heterocycles. The standard InChI is InChI=1S/C19H21F5NO3Si/c1-26-29(27-2,28-3)12-4-9-25-10-7-13(8-11-25)5-6-14-15(20)17(22)19(24)18(23)16(14)21/h5-8,10-11H,4,9,12H2,1-3H3/q+1/b6-5+. The number of hydrogen-bond donors (Lipinski definition) is 0. The Balaban J connectivity index is 2.07. The van der Waals surface area contributed by atoms with Gasteiger partial charge in [-0.3, -0.25) is 0 Å². The van der Waals surface area contributed by atoms with Gasteiger partial charge in [0.2, 0.25) is 5.82 Å². The van der Waals surface area contributed by atoms with Gasteiger partial charge in [0.1, 0.15) is 6.54 Å². The van der Waals surface area contributed by atoms with Crippen molar-refractivity contribution in [1.29, 1.82) is 0 Å². The quantitative estimate of drug-likeness (QED) is 0.196. The molecule has 1 aromatic heterocycles. The molecule has 10 heteroatoms. The van der Waals surface area contributed by atoms with Gasteiger partial charge in [0, 0.05) is 45.9 Å². The van der Waals surface area contributed by atoms with E-state index in [2.05, 4.69) is 0 Å². The van der Waals surface area contributed by atoms with Crippen molar-refractivity contribution in [3.05, 3.63) is 64.7 Å². The highest BCUT2D eigenvalue weighted by Crippen LogP contribution is 2.24. The molecule has 0 fully saturated rings. The first-order valence-corrected chi connectivity index (χ1v) is 10.6. The van der Waals surface area contributed by atoms with Gasteiger partial charge < -0.3 is 13.3 Å². The summed E-state index contributed by atoms with van der Waals surface area (Å²) in [7, 11) is 1.98. The second-order valence-corrected chi connectivity index (χ2v) is 9.18. The van der Waals surface area contributed by atoms with Crippen molar-refractivity contribution in [2.75, 3.05) is 21.3 Å². The molecule has 0 amide bonds. The third kappa shape index (κ3) is 5.27. The van der Waals surface area contributed by atoms with Gasteiger partial charge in [-0.05, 0) is 11.6 Å². The molecule has 2 aromatic rings. The molecule has 2 rings (SSSR count). The second-order valence-electron chi connectivity index (χ2n) is 6.09. The van der Waals surface area contributed by atoms with Gasteiger partial charge in [-0.25, -0.2) is 26.5 Å². The van der Waals surface area contributed by atoms with Gasteiger partial charge in [-0.2, -0.15) is 0 Å². The zero-order chi connectivity index (χ0) is 21.6. The van der Waals surface area contributed by atoms with E-state index in [1.165, 1.54) is 27.4 Å². The molecule has 0 N–H and O–H groups in total. The molecule has 0 unspecified atom stereocenters. The third-order valence-corrected chi connectivity index (χ3v) is 7.27. The Kier molecular flexibility index (Phi) is 8.02. The Bertz CT molecular complexity index is 836. The second kappa shape index (κ2) is 10.1. The fourth-order valence-electron chi connectivity index (χ4n) is 2.71. The number of nitrogens with zero attached hydrogens (tertiary/aromatic N) is 1. The summed E-state index contributed by atoms with van der Waals surface area (Å²) in [6, 6.07) is 3.91. The molecule has 1 aromatic carbocycles. The molecule has 0 saturated heterocycles. The lowest BCUT2D eigenvalue weighted by molar-refractivity contribution is -0.697. The third-order valence-electron chi connectivity index (χ3n) is 4.44. The zero-order valence-corrected chi connectivity index (χ0v) is 17.1. The van der Waals surface area contributed by atoms with Gasteiger partial charge in [-0.15, -0.1) is 0 Å². The number of hydrogen-bond acceptors (Lipinski definition) is 3. The van der Waals surface area contributed by atoms with Crippen LogP contribution in [0, 0.1) is 29.1 Å². The minimum atomic E-state index is -2.64. The van der Waals surface area contributed by atoms with Crippen molar-refractivity contribution in [3.63, 3.8) is 0 Å². The molecule has 1 heterocycles. The monoisotopic (exact) mass is 434 g/mol. The predicted molar refractivity (Wildman–Crippen MR) is 98.0 cm³/mol. The summed E-state index contributed by atoms with van der Waals surface area (Å²) in [5.74, 6) is -9.87. The molecule has 0 aliphatic rings. The Morgan fingerprint density at radius 2 is 1.28 bits per heavy atom. The topological polar surface area (TPSA) is 31.6 Å². The van der Waals surface area contributed by atoms with Crippen molar-refractivity contribution in [1.82, 2.24) is 0 Å². The number of pyridine rings is 1. The molecule has 0 spiro atoms. The Hall–Kier alpha value is -2.14. The van der Waals surface area contributed by atoms with Crippen LogP contribution < -0.4 is 4.57 Å². The van der Waals surface area contributed by atoms with E-state index in [1.807, 2.05) is 4.57 Å². The number of benzene rings is 1. The van der Waals surface area contributed by atoms with Crippen molar-refractivity contribution in [2.24, 2.45) is 0 Å². The first-order valence-electron chi connectivity index (χ1n) is 8.62.